The summed E-state index contributed by atoms with van der Waals surface area (Å²) in [5.74, 6) is -0.339. The van der Waals surface area contributed by atoms with Crippen LogP contribution in [0.4, 0.5) is 0 Å². The van der Waals surface area contributed by atoms with E-state index in [-0.39, 0.29) is 5.97 Å². The average molecular weight is 284 g/mol. The lowest BCUT2D eigenvalue weighted by Gasteiger charge is -1.97. The highest BCUT2D eigenvalue weighted by atomic mass is 79.9. The minimum absolute atomic E-state index is 0.339. The van der Waals surface area contributed by atoms with Crippen LogP contribution >= 0.6 is 38.9 Å². The van der Waals surface area contributed by atoms with Gasteiger partial charge in [-0.15, -0.1) is 11.3 Å². The van der Waals surface area contributed by atoms with Crippen LogP contribution in [0.5, 0.6) is 5.06 Å². The predicted molar refractivity (Wildman–Crippen MR) is 58.1 cm³/mol. The number of alkyl halides is 1. The largest absolute Gasteiger partial charge is 0.414 e. The maximum atomic E-state index is 10.6. The number of carbonyl (C=O) groups excluding carboxylic acids is 1. The molecule has 0 N–H and O–H groups in total. The van der Waals surface area contributed by atoms with Crippen LogP contribution in [-0.4, -0.2) is 11.3 Å². The number of aryl methyl sites for hydroxylation is 1. The van der Waals surface area contributed by atoms with E-state index in [1.54, 1.807) is 0 Å². The Hall–Kier alpha value is -0.0600. The normalized spacial score (nSPS) is 10.1. The lowest BCUT2D eigenvalue weighted by atomic mass is 10.3. The molecule has 1 heterocycles. The summed E-state index contributed by atoms with van der Waals surface area (Å²) in [6, 6.07) is 0. The van der Waals surface area contributed by atoms with Crippen molar-refractivity contribution >= 4 is 44.8 Å². The molecule has 1 aromatic heterocycles. The molecule has 5 heteroatoms. The van der Waals surface area contributed by atoms with Crippen LogP contribution in [-0.2, 0) is 11.2 Å². The monoisotopic (exact) mass is 282 g/mol. The van der Waals surface area contributed by atoms with E-state index in [0.29, 0.717) is 10.1 Å². The first kappa shape index (κ1) is 11.0. The van der Waals surface area contributed by atoms with Crippen molar-refractivity contribution in [2.24, 2.45) is 0 Å². The standard InChI is InChI=1S/C8H8BrClO2S/c1-5(11)12-8-7(10)6(2-3-9)4-13-8/h4H,2-3H2,1H3. The Morgan fingerprint density at radius 1 is 1.77 bits per heavy atom. The van der Waals surface area contributed by atoms with Crippen molar-refractivity contribution in [1.82, 2.24) is 0 Å². The van der Waals surface area contributed by atoms with Gasteiger partial charge in [0.05, 0.1) is 5.02 Å². The molecule has 0 atom stereocenters. The molecule has 1 aromatic rings. The number of hydrogen-bond acceptors (Lipinski definition) is 3. The molecule has 13 heavy (non-hydrogen) atoms. The first-order chi connectivity index (χ1) is 6.15. The van der Waals surface area contributed by atoms with E-state index in [0.717, 1.165) is 17.3 Å². The van der Waals surface area contributed by atoms with Gasteiger partial charge in [0.15, 0.2) is 0 Å². The second kappa shape index (κ2) is 4.98. The maximum absolute atomic E-state index is 10.6. The SMILES string of the molecule is CC(=O)Oc1scc(CCBr)c1Cl. The van der Waals surface area contributed by atoms with Gasteiger partial charge >= 0.3 is 5.97 Å². The van der Waals surface area contributed by atoms with E-state index in [1.165, 1.54) is 18.3 Å². The molecule has 0 aromatic carbocycles. The number of hydrogen-bond donors (Lipinski definition) is 0. The Morgan fingerprint density at radius 2 is 2.46 bits per heavy atom. The zero-order valence-corrected chi connectivity index (χ0v) is 10.1. The molecule has 0 aliphatic carbocycles. The average Bonchev–Trinajstić information content (AvgIpc) is 2.36. The van der Waals surface area contributed by atoms with Crippen LogP contribution in [0.15, 0.2) is 5.38 Å². The molecule has 0 radical (unpaired) electrons. The van der Waals surface area contributed by atoms with E-state index in [9.17, 15) is 4.79 Å². The van der Waals surface area contributed by atoms with Gasteiger partial charge in [-0.3, -0.25) is 4.79 Å². The molecule has 0 spiro atoms. The number of rotatable bonds is 3. The molecule has 72 valence electrons. The molecule has 0 saturated heterocycles. The molecule has 0 amide bonds. The van der Waals surface area contributed by atoms with Gasteiger partial charge in [0, 0.05) is 12.3 Å². The number of ether oxygens (including phenoxy) is 1. The molecule has 0 bridgehead atoms. The Balaban J connectivity index is 2.79. The summed E-state index contributed by atoms with van der Waals surface area (Å²) in [6.07, 6.45) is 0.844. The first-order valence-electron chi connectivity index (χ1n) is 3.65. The predicted octanol–water partition coefficient (Wildman–Crippen LogP) is 3.26. The molecule has 0 saturated carbocycles. The molecule has 0 aliphatic heterocycles. The van der Waals surface area contributed by atoms with Crippen LogP contribution in [0.25, 0.3) is 0 Å². The van der Waals surface area contributed by atoms with Crippen molar-refractivity contribution in [3.8, 4) is 5.06 Å². The third-order valence-corrected chi connectivity index (χ3v) is 3.20. The minimum Gasteiger partial charge on any atom is -0.414 e. The van der Waals surface area contributed by atoms with Crippen molar-refractivity contribution in [3.05, 3.63) is 16.0 Å². The van der Waals surface area contributed by atoms with E-state index < -0.39 is 0 Å². The molecular formula is C8H8BrClO2S. The smallest absolute Gasteiger partial charge is 0.308 e. The minimum atomic E-state index is -0.339. The summed E-state index contributed by atoms with van der Waals surface area (Å²) in [4.78, 5) is 10.6. The van der Waals surface area contributed by atoms with Crippen molar-refractivity contribution < 1.29 is 9.53 Å². The summed E-state index contributed by atoms with van der Waals surface area (Å²) >= 11 is 10.6. The van der Waals surface area contributed by atoms with E-state index in [1.807, 2.05) is 5.38 Å². The highest BCUT2D eigenvalue weighted by Gasteiger charge is 2.11. The van der Waals surface area contributed by atoms with Gasteiger partial charge in [-0.2, -0.15) is 0 Å². The van der Waals surface area contributed by atoms with Crippen molar-refractivity contribution in [2.75, 3.05) is 5.33 Å². The third kappa shape index (κ3) is 2.97. The number of thiophene rings is 1. The van der Waals surface area contributed by atoms with Crippen LogP contribution < -0.4 is 4.74 Å². The van der Waals surface area contributed by atoms with Gasteiger partial charge < -0.3 is 4.74 Å². The Morgan fingerprint density at radius 3 is 3.00 bits per heavy atom. The van der Waals surface area contributed by atoms with Crippen LogP contribution in [0, 0.1) is 0 Å². The molecule has 0 fully saturated rings. The van der Waals surface area contributed by atoms with Crippen LogP contribution in [0.2, 0.25) is 5.02 Å². The molecule has 0 unspecified atom stereocenters. The van der Waals surface area contributed by atoms with Crippen LogP contribution in [0.3, 0.4) is 0 Å². The lowest BCUT2D eigenvalue weighted by molar-refractivity contribution is -0.131. The van der Waals surface area contributed by atoms with Crippen molar-refractivity contribution in [3.63, 3.8) is 0 Å². The zero-order valence-electron chi connectivity index (χ0n) is 6.97. The fourth-order valence-corrected chi connectivity index (χ4v) is 2.53. The number of halogens is 2. The quantitative estimate of drug-likeness (QED) is 0.629. The van der Waals surface area contributed by atoms with E-state index in [2.05, 4.69) is 15.9 Å². The first-order valence-corrected chi connectivity index (χ1v) is 6.03. The fraction of sp³-hybridized carbons (Fsp3) is 0.375. The summed E-state index contributed by atoms with van der Waals surface area (Å²) in [6.45, 7) is 1.36. The summed E-state index contributed by atoms with van der Waals surface area (Å²) < 4.78 is 4.90. The van der Waals surface area contributed by atoms with Gasteiger partial charge in [0.2, 0.25) is 5.06 Å². The highest BCUT2D eigenvalue weighted by molar-refractivity contribution is 9.09. The number of esters is 1. The van der Waals surface area contributed by atoms with E-state index >= 15 is 0 Å². The molecular weight excluding hydrogens is 276 g/mol. The number of carbonyl (C=O) groups is 1. The van der Waals surface area contributed by atoms with E-state index in [4.69, 9.17) is 16.3 Å². The molecule has 0 aliphatic rings. The zero-order chi connectivity index (χ0) is 9.84. The molecule has 1 rings (SSSR count). The van der Waals surface area contributed by atoms with Gasteiger partial charge in [-0.05, 0) is 17.4 Å². The second-order valence-electron chi connectivity index (χ2n) is 2.40. The summed E-state index contributed by atoms with van der Waals surface area (Å²) in [5, 5.41) is 3.80. The Bertz CT molecular complexity index is 311. The van der Waals surface area contributed by atoms with Crippen molar-refractivity contribution in [1.29, 1.82) is 0 Å². The molecule has 2 nitrogen and oxygen atoms in total. The van der Waals surface area contributed by atoms with Gasteiger partial charge in [0.25, 0.3) is 0 Å². The Kier molecular flexibility index (Phi) is 4.22. The van der Waals surface area contributed by atoms with Crippen molar-refractivity contribution in [2.45, 2.75) is 13.3 Å². The maximum Gasteiger partial charge on any atom is 0.308 e. The van der Waals surface area contributed by atoms with Gasteiger partial charge in [-0.1, -0.05) is 27.5 Å². The lowest BCUT2D eigenvalue weighted by Crippen LogP contribution is -2.00. The third-order valence-electron chi connectivity index (χ3n) is 1.37. The van der Waals surface area contributed by atoms with Gasteiger partial charge in [0.1, 0.15) is 0 Å². The second-order valence-corrected chi connectivity index (χ2v) is 4.41. The summed E-state index contributed by atoms with van der Waals surface area (Å²) in [7, 11) is 0. The highest BCUT2D eigenvalue weighted by Crippen LogP contribution is 2.35. The van der Waals surface area contributed by atoms with Gasteiger partial charge in [-0.25, -0.2) is 0 Å². The van der Waals surface area contributed by atoms with Crippen LogP contribution in [0.1, 0.15) is 12.5 Å². The summed E-state index contributed by atoms with van der Waals surface area (Å²) in [5.41, 5.74) is 1.01. The fourth-order valence-electron chi connectivity index (χ4n) is 0.829. The topological polar surface area (TPSA) is 26.3 Å². The Labute approximate surface area is 94.0 Å².